The minimum Gasteiger partial charge on any atom is -0.352 e. The van der Waals surface area contributed by atoms with Gasteiger partial charge in [0.2, 0.25) is 0 Å². The monoisotopic (exact) mass is 202 g/mol. The van der Waals surface area contributed by atoms with Gasteiger partial charge in [-0.1, -0.05) is 0 Å². The molecule has 0 bridgehead atoms. The summed E-state index contributed by atoms with van der Waals surface area (Å²) >= 11 is 0. The molecule has 0 saturated carbocycles. The van der Waals surface area contributed by atoms with Crippen LogP contribution in [0.2, 0.25) is 0 Å². The van der Waals surface area contributed by atoms with Gasteiger partial charge in [-0.2, -0.15) is 0 Å². The fourth-order valence-corrected chi connectivity index (χ4v) is 1.21. The van der Waals surface area contributed by atoms with E-state index in [2.05, 4.69) is 16.2 Å². The van der Waals surface area contributed by atoms with Gasteiger partial charge in [-0.25, -0.2) is 0 Å². The van der Waals surface area contributed by atoms with Gasteiger partial charge in [0.1, 0.15) is 0 Å². The van der Waals surface area contributed by atoms with E-state index in [0.717, 1.165) is 12.1 Å². The Balaban J connectivity index is 2.48. The number of pyridine rings is 1. The van der Waals surface area contributed by atoms with E-state index in [-0.39, 0.29) is 5.91 Å². The molecule has 1 aromatic heterocycles. The molecule has 15 heavy (non-hydrogen) atoms. The molecule has 0 radical (unpaired) electrons. The van der Waals surface area contributed by atoms with E-state index in [0.29, 0.717) is 18.5 Å². The van der Waals surface area contributed by atoms with Crippen molar-refractivity contribution in [1.29, 1.82) is 0 Å². The Bertz CT molecular complexity index is 379. The minimum absolute atomic E-state index is 0.0855. The highest BCUT2D eigenvalue weighted by Gasteiger charge is 2.07. The highest BCUT2D eigenvalue weighted by atomic mass is 16.1. The molecular weight excluding hydrogens is 188 g/mol. The normalized spacial score (nSPS) is 9.33. The van der Waals surface area contributed by atoms with E-state index in [9.17, 15) is 4.79 Å². The number of nitrogens with one attached hydrogen (secondary N) is 1. The van der Waals surface area contributed by atoms with Crippen molar-refractivity contribution in [2.45, 2.75) is 19.8 Å². The first-order valence-corrected chi connectivity index (χ1v) is 4.89. The fraction of sp³-hybridized carbons (Fsp3) is 0.333. The lowest BCUT2D eigenvalue weighted by atomic mass is 10.2. The second-order valence-electron chi connectivity index (χ2n) is 3.20. The molecule has 1 amide bonds. The molecule has 0 aliphatic heterocycles. The molecule has 78 valence electrons. The number of hydrogen-bond acceptors (Lipinski definition) is 2. The van der Waals surface area contributed by atoms with Gasteiger partial charge in [0, 0.05) is 24.9 Å². The van der Waals surface area contributed by atoms with Crippen molar-refractivity contribution in [3.05, 3.63) is 29.6 Å². The molecule has 0 fully saturated rings. The summed E-state index contributed by atoms with van der Waals surface area (Å²) in [6.07, 6.45) is 8.27. The second-order valence-corrected chi connectivity index (χ2v) is 3.20. The second kappa shape index (κ2) is 5.82. The number of hydrogen-bond donors (Lipinski definition) is 1. The minimum atomic E-state index is -0.0855. The maximum Gasteiger partial charge on any atom is 0.253 e. The molecule has 0 saturated heterocycles. The molecule has 1 aromatic rings. The molecule has 1 rings (SSSR count). The van der Waals surface area contributed by atoms with Crippen LogP contribution in [0.25, 0.3) is 0 Å². The molecule has 1 heterocycles. The van der Waals surface area contributed by atoms with Crippen LogP contribution in [0.4, 0.5) is 0 Å². The zero-order chi connectivity index (χ0) is 11.1. The quantitative estimate of drug-likeness (QED) is 0.594. The van der Waals surface area contributed by atoms with Crippen LogP contribution in [0.3, 0.4) is 0 Å². The van der Waals surface area contributed by atoms with Crippen molar-refractivity contribution in [3.8, 4) is 12.3 Å². The standard InChI is InChI=1S/C12H14N2O/c1-3-4-5-8-14-12(15)11-7-6-9-13-10(11)2/h1,6-7,9H,4-5,8H2,2H3,(H,14,15). The number of terminal acetylenes is 1. The molecule has 0 aliphatic rings. The Morgan fingerprint density at radius 1 is 1.67 bits per heavy atom. The number of aromatic nitrogens is 1. The van der Waals surface area contributed by atoms with Crippen molar-refractivity contribution in [2.75, 3.05) is 6.54 Å². The van der Waals surface area contributed by atoms with Crippen LogP contribution in [0, 0.1) is 19.3 Å². The predicted molar refractivity (Wildman–Crippen MR) is 59.4 cm³/mol. The van der Waals surface area contributed by atoms with Crippen molar-refractivity contribution < 1.29 is 4.79 Å². The van der Waals surface area contributed by atoms with Crippen LogP contribution in [0.15, 0.2) is 18.3 Å². The van der Waals surface area contributed by atoms with E-state index in [1.165, 1.54) is 0 Å². The zero-order valence-electron chi connectivity index (χ0n) is 8.79. The first-order chi connectivity index (χ1) is 7.25. The topological polar surface area (TPSA) is 42.0 Å². The van der Waals surface area contributed by atoms with E-state index in [1.54, 1.807) is 18.3 Å². The lowest BCUT2D eigenvalue weighted by Gasteiger charge is -2.05. The number of amides is 1. The lowest BCUT2D eigenvalue weighted by Crippen LogP contribution is -2.25. The van der Waals surface area contributed by atoms with Crippen LogP contribution in [0.1, 0.15) is 28.9 Å². The molecule has 0 atom stereocenters. The summed E-state index contributed by atoms with van der Waals surface area (Å²) < 4.78 is 0. The highest BCUT2D eigenvalue weighted by molar-refractivity contribution is 5.95. The summed E-state index contributed by atoms with van der Waals surface area (Å²) in [6.45, 7) is 2.42. The molecule has 0 aliphatic carbocycles. The smallest absolute Gasteiger partial charge is 0.253 e. The average Bonchev–Trinajstić information content (AvgIpc) is 2.25. The predicted octanol–water partition coefficient (Wildman–Crippen LogP) is 1.53. The SMILES string of the molecule is C#CCCCNC(=O)c1cccnc1C. The third-order valence-electron chi connectivity index (χ3n) is 2.04. The largest absolute Gasteiger partial charge is 0.352 e. The summed E-state index contributed by atoms with van der Waals surface area (Å²) in [7, 11) is 0. The third kappa shape index (κ3) is 3.43. The summed E-state index contributed by atoms with van der Waals surface area (Å²) in [5, 5.41) is 2.80. The Hall–Kier alpha value is -1.82. The Morgan fingerprint density at radius 2 is 2.47 bits per heavy atom. The molecule has 3 heteroatoms. The summed E-state index contributed by atoms with van der Waals surface area (Å²) in [5.74, 6) is 2.44. The number of nitrogens with zero attached hydrogens (tertiary/aromatic N) is 1. The molecule has 1 N–H and O–H groups in total. The molecule has 0 aromatic carbocycles. The zero-order valence-corrected chi connectivity index (χ0v) is 8.79. The summed E-state index contributed by atoms with van der Waals surface area (Å²) in [6, 6.07) is 3.52. The Labute approximate surface area is 89.9 Å². The van der Waals surface area contributed by atoms with Crippen LogP contribution in [0.5, 0.6) is 0 Å². The summed E-state index contributed by atoms with van der Waals surface area (Å²) in [5.41, 5.74) is 1.37. The van der Waals surface area contributed by atoms with Crippen molar-refractivity contribution in [3.63, 3.8) is 0 Å². The van der Waals surface area contributed by atoms with Gasteiger partial charge in [0.05, 0.1) is 5.56 Å². The number of rotatable bonds is 4. The molecule has 3 nitrogen and oxygen atoms in total. The average molecular weight is 202 g/mol. The maximum absolute atomic E-state index is 11.6. The van der Waals surface area contributed by atoms with Gasteiger partial charge < -0.3 is 5.32 Å². The van der Waals surface area contributed by atoms with Gasteiger partial charge in [-0.05, 0) is 25.5 Å². The Morgan fingerprint density at radius 3 is 3.13 bits per heavy atom. The van der Waals surface area contributed by atoms with Gasteiger partial charge in [-0.15, -0.1) is 12.3 Å². The van der Waals surface area contributed by atoms with Crippen molar-refractivity contribution in [1.82, 2.24) is 10.3 Å². The van der Waals surface area contributed by atoms with Gasteiger partial charge in [0.15, 0.2) is 0 Å². The van der Waals surface area contributed by atoms with E-state index >= 15 is 0 Å². The van der Waals surface area contributed by atoms with Gasteiger partial charge in [0.25, 0.3) is 5.91 Å². The number of unbranched alkanes of at least 4 members (excludes halogenated alkanes) is 1. The molecular formula is C12H14N2O. The molecule has 0 unspecified atom stereocenters. The first kappa shape index (κ1) is 11.3. The number of carbonyl (C=O) groups excluding carboxylic acids is 1. The number of carbonyl (C=O) groups is 1. The lowest BCUT2D eigenvalue weighted by molar-refractivity contribution is 0.0952. The van der Waals surface area contributed by atoms with Gasteiger partial charge in [-0.3, -0.25) is 9.78 Å². The van der Waals surface area contributed by atoms with Crippen molar-refractivity contribution >= 4 is 5.91 Å². The summed E-state index contributed by atoms with van der Waals surface area (Å²) in [4.78, 5) is 15.7. The Kier molecular flexibility index (Phi) is 4.36. The van der Waals surface area contributed by atoms with Crippen LogP contribution >= 0.6 is 0 Å². The van der Waals surface area contributed by atoms with Gasteiger partial charge >= 0.3 is 0 Å². The van der Waals surface area contributed by atoms with Crippen LogP contribution < -0.4 is 5.32 Å². The van der Waals surface area contributed by atoms with E-state index in [1.807, 2.05) is 6.92 Å². The first-order valence-electron chi connectivity index (χ1n) is 4.89. The van der Waals surface area contributed by atoms with Crippen LogP contribution in [-0.2, 0) is 0 Å². The fourth-order valence-electron chi connectivity index (χ4n) is 1.21. The maximum atomic E-state index is 11.6. The number of aryl methyl sites for hydroxylation is 1. The van der Waals surface area contributed by atoms with Crippen LogP contribution in [-0.4, -0.2) is 17.4 Å². The van der Waals surface area contributed by atoms with Crippen molar-refractivity contribution in [2.24, 2.45) is 0 Å². The van der Waals surface area contributed by atoms with E-state index < -0.39 is 0 Å². The highest BCUT2D eigenvalue weighted by Crippen LogP contribution is 2.02. The molecule has 0 spiro atoms. The van der Waals surface area contributed by atoms with E-state index in [4.69, 9.17) is 6.42 Å². The third-order valence-corrected chi connectivity index (χ3v) is 2.04.